The van der Waals surface area contributed by atoms with Crippen LogP contribution >= 0.6 is 11.6 Å². The van der Waals surface area contributed by atoms with Gasteiger partial charge in [-0.15, -0.1) is 0 Å². The van der Waals surface area contributed by atoms with Crippen LogP contribution in [0.15, 0.2) is 30.9 Å². The Balaban J connectivity index is 2.24. The van der Waals surface area contributed by atoms with Crippen molar-refractivity contribution >= 4 is 11.6 Å². The molecule has 0 saturated carbocycles. The third kappa shape index (κ3) is 2.65. The molecular formula is C12H15ClN4. The van der Waals surface area contributed by atoms with Gasteiger partial charge in [0, 0.05) is 30.7 Å². The van der Waals surface area contributed by atoms with Gasteiger partial charge in [-0.3, -0.25) is 9.67 Å². The van der Waals surface area contributed by atoms with E-state index in [1.807, 2.05) is 16.9 Å². The van der Waals surface area contributed by atoms with Crippen molar-refractivity contribution in [3.8, 4) is 0 Å². The fourth-order valence-electron chi connectivity index (χ4n) is 1.71. The maximum absolute atomic E-state index is 6.16. The van der Waals surface area contributed by atoms with Crippen LogP contribution in [0.25, 0.3) is 0 Å². The number of nitrogens with zero attached hydrogens (tertiary/aromatic N) is 3. The maximum atomic E-state index is 6.16. The van der Waals surface area contributed by atoms with Crippen LogP contribution in [0.4, 0.5) is 0 Å². The zero-order valence-electron chi connectivity index (χ0n) is 9.68. The second kappa shape index (κ2) is 5.29. The molecule has 0 aliphatic heterocycles. The minimum absolute atomic E-state index is 0.254. The Labute approximate surface area is 105 Å². The van der Waals surface area contributed by atoms with Gasteiger partial charge in [0.2, 0.25) is 0 Å². The maximum Gasteiger partial charge on any atom is 0.0640 e. The highest BCUT2D eigenvalue weighted by Gasteiger charge is 2.14. The monoisotopic (exact) mass is 250 g/mol. The zero-order chi connectivity index (χ0) is 12.3. The van der Waals surface area contributed by atoms with Crippen molar-refractivity contribution in [1.82, 2.24) is 14.8 Å². The third-order valence-electron chi connectivity index (χ3n) is 2.60. The lowest BCUT2D eigenvalue weighted by Gasteiger charge is -2.10. The summed E-state index contributed by atoms with van der Waals surface area (Å²) < 4.78 is 1.89. The lowest BCUT2D eigenvalue weighted by atomic mass is 10.0. The number of rotatable bonds is 4. The van der Waals surface area contributed by atoms with Crippen molar-refractivity contribution in [2.75, 3.05) is 0 Å². The van der Waals surface area contributed by atoms with Gasteiger partial charge in [0.1, 0.15) is 0 Å². The molecule has 0 radical (unpaired) electrons. The van der Waals surface area contributed by atoms with Crippen LogP contribution in [0.3, 0.4) is 0 Å². The molecule has 0 spiro atoms. The van der Waals surface area contributed by atoms with E-state index in [1.165, 1.54) is 0 Å². The molecule has 0 aliphatic rings. The van der Waals surface area contributed by atoms with Crippen molar-refractivity contribution in [3.05, 3.63) is 47.0 Å². The summed E-state index contributed by atoms with van der Waals surface area (Å²) in [7, 11) is 0. The van der Waals surface area contributed by atoms with E-state index >= 15 is 0 Å². The predicted molar refractivity (Wildman–Crippen MR) is 67.8 cm³/mol. The number of halogens is 1. The Morgan fingerprint density at radius 2 is 2.29 bits per heavy atom. The largest absolute Gasteiger partial charge is 0.320 e. The van der Waals surface area contributed by atoms with E-state index in [4.69, 9.17) is 17.3 Å². The Morgan fingerprint density at radius 3 is 3.00 bits per heavy atom. The summed E-state index contributed by atoms with van der Waals surface area (Å²) in [5.74, 6) is 0. The van der Waals surface area contributed by atoms with Crippen LogP contribution < -0.4 is 5.73 Å². The standard InChI is InChI=1S/C12H15ClN4/c1-2-5-17-8-9(6-16-17)12(14)10-3-4-15-7-11(10)13/h3-4,6-8,12H,2,5,14H2,1H3. The van der Waals surface area contributed by atoms with Crippen LogP contribution in [0, 0.1) is 0 Å². The highest BCUT2D eigenvalue weighted by molar-refractivity contribution is 6.31. The second-order valence-electron chi connectivity index (χ2n) is 3.91. The van der Waals surface area contributed by atoms with E-state index in [0.29, 0.717) is 5.02 Å². The summed E-state index contributed by atoms with van der Waals surface area (Å²) in [4.78, 5) is 3.95. The van der Waals surface area contributed by atoms with Gasteiger partial charge in [-0.2, -0.15) is 5.10 Å². The van der Waals surface area contributed by atoms with Gasteiger partial charge in [-0.25, -0.2) is 0 Å². The van der Waals surface area contributed by atoms with Gasteiger partial charge >= 0.3 is 0 Å². The average molecular weight is 251 g/mol. The first kappa shape index (κ1) is 12.1. The molecule has 2 aromatic heterocycles. The van der Waals surface area contributed by atoms with E-state index in [9.17, 15) is 0 Å². The molecule has 0 saturated heterocycles. The van der Waals surface area contributed by atoms with Crippen LogP contribution in [0.1, 0.15) is 30.5 Å². The molecule has 5 heteroatoms. The van der Waals surface area contributed by atoms with E-state index in [0.717, 1.165) is 24.1 Å². The molecule has 2 aromatic rings. The number of pyridine rings is 1. The first-order valence-electron chi connectivity index (χ1n) is 5.59. The molecule has 0 amide bonds. The molecule has 0 aromatic carbocycles. The van der Waals surface area contributed by atoms with Gasteiger partial charge < -0.3 is 5.73 Å². The number of aryl methyl sites for hydroxylation is 1. The SMILES string of the molecule is CCCn1cc(C(N)c2ccncc2Cl)cn1. The lowest BCUT2D eigenvalue weighted by molar-refractivity contribution is 0.602. The second-order valence-corrected chi connectivity index (χ2v) is 4.32. The quantitative estimate of drug-likeness (QED) is 0.907. The van der Waals surface area contributed by atoms with Gasteiger partial charge in [0.15, 0.2) is 0 Å². The van der Waals surface area contributed by atoms with Gasteiger partial charge in [0.05, 0.1) is 17.3 Å². The van der Waals surface area contributed by atoms with Crippen LogP contribution in [0.5, 0.6) is 0 Å². The smallest absolute Gasteiger partial charge is 0.0640 e. The summed E-state index contributed by atoms with van der Waals surface area (Å²) in [5.41, 5.74) is 8.00. The minimum atomic E-state index is -0.254. The highest BCUT2D eigenvalue weighted by Crippen LogP contribution is 2.25. The van der Waals surface area contributed by atoms with Crippen molar-refractivity contribution in [1.29, 1.82) is 0 Å². The molecule has 0 fully saturated rings. The topological polar surface area (TPSA) is 56.7 Å². The average Bonchev–Trinajstić information content (AvgIpc) is 2.78. The lowest BCUT2D eigenvalue weighted by Crippen LogP contribution is -2.11. The van der Waals surface area contributed by atoms with Gasteiger partial charge in [-0.05, 0) is 18.1 Å². The molecule has 0 aliphatic carbocycles. The fraction of sp³-hybridized carbons (Fsp3) is 0.333. The van der Waals surface area contributed by atoms with E-state index in [2.05, 4.69) is 17.0 Å². The molecule has 1 atom stereocenters. The zero-order valence-corrected chi connectivity index (χ0v) is 10.4. The summed E-state index contributed by atoms with van der Waals surface area (Å²) in [6.45, 7) is 3.01. The van der Waals surface area contributed by atoms with Crippen LogP contribution in [-0.4, -0.2) is 14.8 Å². The third-order valence-corrected chi connectivity index (χ3v) is 2.92. The first-order valence-corrected chi connectivity index (χ1v) is 5.97. The van der Waals surface area contributed by atoms with Crippen molar-refractivity contribution < 1.29 is 0 Å². The van der Waals surface area contributed by atoms with Crippen molar-refractivity contribution in [2.24, 2.45) is 5.73 Å². The number of nitrogens with two attached hydrogens (primary N) is 1. The molecule has 1 unspecified atom stereocenters. The van der Waals surface area contributed by atoms with E-state index < -0.39 is 0 Å². The van der Waals surface area contributed by atoms with E-state index in [1.54, 1.807) is 18.6 Å². The number of hydrogen-bond acceptors (Lipinski definition) is 3. The van der Waals surface area contributed by atoms with Crippen molar-refractivity contribution in [3.63, 3.8) is 0 Å². The van der Waals surface area contributed by atoms with Gasteiger partial charge in [-0.1, -0.05) is 18.5 Å². The summed E-state index contributed by atoms with van der Waals surface area (Å²) in [6, 6.07) is 1.58. The molecule has 90 valence electrons. The van der Waals surface area contributed by atoms with Crippen LogP contribution in [0.2, 0.25) is 5.02 Å². The predicted octanol–water partition coefficient (Wildman–Crippen LogP) is 2.39. The Bertz CT molecular complexity index is 495. The number of hydrogen-bond donors (Lipinski definition) is 1. The normalized spacial score (nSPS) is 12.6. The first-order chi connectivity index (χ1) is 8.22. The highest BCUT2D eigenvalue weighted by atomic mass is 35.5. The molecule has 2 N–H and O–H groups in total. The van der Waals surface area contributed by atoms with Crippen LogP contribution in [-0.2, 0) is 6.54 Å². The van der Waals surface area contributed by atoms with Crippen molar-refractivity contribution in [2.45, 2.75) is 25.9 Å². The summed E-state index contributed by atoms with van der Waals surface area (Å²) in [5, 5.41) is 4.85. The summed E-state index contributed by atoms with van der Waals surface area (Å²) >= 11 is 6.07. The van der Waals surface area contributed by atoms with Gasteiger partial charge in [0.25, 0.3) is 0 Å². The number of aromatic nitrogens is 3. The molecular weight excluding hydrogens is 236 g/mol. The van der Waals surface area contributed by atoms with E-state index in [-0.39, 0.29) is 6.04 Å². The molecule has 0 bridgehead atoms. The Kier molecular flexibility index (Phi) is 3.76. The molecule has 4 nitrogen and oxygen atoms in total. The molecule has 2 rings (SSSR count). The molecule has 17 heavy (non-hydrogen) atoms. The molecule has 2 heterocycles. The minimum Gasteiger partial charge on any atom is -0.320 e. The fourth-order valence-corrected chi connectivity index (χ4v) is 1.95. The summed E-state index contributed by atoms with van der Waals surface area (Å²) in [6.07, 6.45) is 8.10. The Hall–Kier alpha value is -1.39. The Morgan fingerprint density at radius 1 is 1.47 bits per heavy atom.